The molecule has 3 N–H and O–H groups in total. The van der Waals surface area contributed by atoms with Gasteiger partial charge < -0.3 is 9.80 Å². The summed E-state index contributed by atoms with van der Waals surface area (Å²) in [6.07, 6.45) is 0.855. The van der Waals surface area contributed by atoms with Gasteiger partial charge in [0.1, 0.15) is 26.2 Å². The van der Waals surface area contributed by atoms with Gasteiger partial charge in [0.2, 0.25) is 10.0 Å². The molecule has 1 aliphatic heterocycles. The van der Waals surface area contributed by atoms with Crippen molar-refractivity contribution in [2.45, 2.75) is 11.3 Å². The molecule has 0 spiro atoms. The lowest BCUT2D eigenvalue weighted by molar-refractivity contribution is -1.00. The summed E-state index contributed by atoms with van der Waals surface area (Å²) in [5.74, 6) is 0. The maximum atomic E-state index is 12.1. The van der Waals surface area contributed by atoms with Crippen molar-refractivity contribution in [2.24, 2.45) is 0 Å². The van der Waals surface area contributed by atoms with Crippen molar-refractivity contribution in [2.75, 3.05) is 46.3 Å². The number of likely N-dealkylation sites (N-methyl/N-ethyl adjacent to an activating group) is 1. The maximum Gasteiger partial charge on any atom is 0.240 e. The van der Waals surface area contributed by atoms with Crippen molar-refractivity contribution in [3.8, 4) is 0 Å². The Hall–Kier alpha value is -0.660. The SMILES string of the molecule is C[NH+]1CC[NH+](CCCNS(=O)(=O)c2cccc(Cl)c2)CC1. The minimum Gasteiger partial charge on any atom is -0.328 e. The van der Waals surface area contributed by atoms with E-state index < -0.39 is 10.0 Å². The zero-order chi connectivity index (χ0) is 15.3. The average molecular weight is 334 g/mol. The quantitative estimate of drug-likeness (QED) is 0.551. The third-order valence-corrected chi connectivity index (χ3v) is 5.61. The van der Waals surface area contributed by atoms with Crippen molar-refractivity contribution in [1.82, 2.24) is 4.72 Å². The lowest BCUT2D eigenvalue weighted by atomic mass is 10.3. The molecule has 1 aromatic carbocycles. The molecule has 0 radical (unpaired) electrons. The molecule has 21 heavy (non-hydrogen) atoms. The second-order valence-electron chi connectivity index (χ2n) is 5.67. The van der Waals surface area contributed by atoms with Crippen LogP contribution in [0.2, 0.25) is 5.02 Å². The second kappa shape index (κ2) is 7.56. The number of hydrogen-bond acceptors (Lipinski definition) is 2. The first-order chi connectivity index (χ1) is 9.97. The Balaban J connectivity index is 1.75. The minimum absolute atomic E-state index is 0.227. The van der Waals surface area contributed by atoms with Gasteiger partial charge >= 0.3 is 0 Å². The Morgan fingerprint density at radius 3 is 2.62 bits per heavy atom. The van der Waals surface area contributed by atoms with Gasteiger partial charge in [-0.05, 0) is 18.2 Å². The second-order valence-corrected chi connectivity index (χ2v) is 7.87. The van der Waals surface area contributed by atoms with Gasteiger partial charge in [0, 0.05) is 18.0 Å². The highest BCUT2D eigenvalue weighted by atomic mass is 35.5. The van der Waals surface area contributed by atoms with Crippen LogP contribution in [-0.4, -0.2) is 54.7 Å². The normalized spacial score (nSPS) is 23.1. The molecule has 2 rings (SSSR count). The average Bonchev–Trinajstić information content (AvgIpc) is 2.45. The fraction of sp³-hybridized carbons (Fsp3) is 0.571. The van der Waals surface area contributed by atoms with Gasteiger partial charge in [0.25, 0.3) is 0 Å². The summed E-state index contributed by atoms with van der Waals surface area (Å²) in [4.78, 5) is 3.38. The van der Waals surface area contributed by atoms with Crippen molar-refractivity contribution in [3.05, 3.63) is 29.3 Å². The number of quaternary nitrogens is 2. The Labute approximate surface area is 131 Å². The molecule has 0 aromatic heterocycles. The molecule has 1 aromatic rings. The largest absolute Gasteiger partial charge is 0.328 e. The van der Waals surface area contributed by atoms with Crippen molar-refractivity contribution in [3.63, 3.8) is 0 Å². The Kier molecular flexibility index (Phi) is 6.01. The molecule has 5 nitrogen and oxygen atoms in total. The highest BCUT2D eigenvalue weighted by Crippen LogP contribution is 2.14. The number of sulfonamides is 1. The van der Waals surface area contributed by atoms with E-state index in [9.17, 15) is 8.42 Å². The van der Waals surface area contributed by atoms with E-state index in [1.54, 1.807) is 28.0 Å². The first-order valence-corrected chi connectivity index (χ1v) is 9.23. The predicted molar refractivity (Wildman–Crippen MR) is 83.4 cm³/mol. The summed E-state index contributed by atoms with van der Waals surface area (Å²) >= 11 is 5.83. The third kappa shape index (κ3) is 5.23. The summed E-state index contributed by atoms with van der Waals surface area (Å²) < 4.78 is 26.8. The van der Waals surface area contributed by atoms with E-state index in [0.717, 1.165) is 13.0 Å². The van der Waals surface area contributed by atoms with Crippen LogP contribution in [-0.2, 0) is 10.0 Å². The van der Waals surface area contributed by atoms with E-state index in [2.05, 4.69) is 11.8 Å². The Bertz CT molecular complexity index is 557. The zero-order valence-electron chi connectivity index (χ0n) is 12.4. The Morgan fingerprint density at radius 2 is 1.95 bits per heavy atom. The number of hydrogen-bond donors (Lipinski definition) is 3. The molecule has 1 fully saturated rings. The molecular formula is C14H24ClN3O2S+2. The number of halogens is 1. The molecule has 0 atom stereocenters. The van der Waals surface area contributed by atoms with Crippen LogP contribution in [0.3, 0.4) is 0 Å². The smallest absolute Gasteiger partial charge is 0.240 e. The van der Waals surface area contributed by atoms with E-state index >= 15 is 0 Å². The molecular weight excluding hydrogens is 310 g/mol. The molecule has 0 unspecified atom stereocenters. The third-order valence-electron chi connectivity index (χ3n) is 3.92. The van der Waals surface area contributed by atoms with Crippen LogP contribution in [0.4, 0.5) is 0 Å². The van der Waals surface area contributed by atoms with Crippen LogP contribution >= 0.6 is 11.6 Å². The summed E-state index contributed by atoms with van der Waals surface area (Å²) in [7, 11) is -1.22. The summed E-state index contributed by atoms with van der Waals surface area (Å²) in [5.41, 5.74) is 0. The number of piperazine rings is 1. The van der Waals surface area contributed by atoms with E-state index in [1.807, 2.05) is 0 Å². The molecule has 0 saturated carbocycles. The van der Waals surface area contributed by atoms with Crippen LogP contribution in [0.25, 0.3) is 0 Å². The van der Waals surface area contributed by atoms with Crippen LogP contribution in [0, 0.1) is 0 Å². The standard InChI is InChI=1S/C14H22ClN3O2S/c1-17-8-10-18(11-9-17)7-3-6-16-21(19,20)14-5-2-4-13(15)12-14/h2,4-5,12,16H,3,6-11H2,1H3/p+2. The first kappa shape index (κ1) is 16.7. The topological polar surface area (TPSA) is 55.1 Å². The molecule has 0 amide bonds. The number of nitrogens with one attached hydrogen (secondary N) is 3. The molecule has 0 aliphatic carbocycles. The molecule has 0 bridgehead atoms. The van der Waals surface area contributed by atoms with Gasteiger partial charge in [0.05, 0.1) is 18.5 Å². The fourth-order valence-electron chi connectivity index (χ4n) is 2.54. The van der Waals surface area contributed by atoms with Crippen molar-refractivity contribution in [1.29, 1.82) is 0 Å². The highest BCUT2D eigenvalue weighted by Gasteiger charge is 2.19. The van der Waals surface area contributed by atoms with Gasteiger partial charge in [-0.1, -0.05) is 17.7 Å². The summed E-state index contributed by atoms with van der Waals surface area (Å²) in [6, 6.07) is 6.34. The van der Waals surface area contributed by atoms with E-state index in [0.29, 0.717) is 11.6 Å². The van der Waals surface area contributed by atoms with Gasteiger partial charge in [0.15, 0.2) is 0 Å². The molecule has 7 heteroatoms. The van der Waals surface area contributed by atoms with Crippen LogP contribution in [0.1, 0.15) is 6.42 Å². The van der Waals surface area contributed by atoms with Crippen LogP contribution in [0.15, 0.2) is 29.2 Å². The Morgan fingerprint density at radius 1 is 1.24 bits per heavy atom. The summed E-state index contributed by atoms with van der Waals surface area (Å²) in [6.45, 7) is 6.24. The maximum absolute atomic E-state index is 12.1. The number of benzene rings is 1. The summed E-state index contributed by atoms with van der Waals surface area (Å²) in [5, 5.41) is 0.433. The molecule has 118 valence electrons. The zero-order valence-corrected chi connectivity index (χ0v) is 13.9. The fourth-order valence-corrected chi connectivity index (χ4v) is 3.92. The van der Waals surface area contributed by atoms with E-state index in [-0.39, 0.29) is 4.90 Å². The predicted octanol–water partition coefficient (Wildman–Crippen LogP) is -1.58. The van der Waals surface area contributed by atoms with Gasteiger partial charge in [-0.2, -0.15) is 0 Å². The minimum atomic E-state index is -3.44. The monoisotopic (exact) mass is 333 g/mol. The van der Waals surface area contributed by atoms with Crippen LogP contribution < -0.4 is 14.5 Å². The van der Waals surface area contributed by atoms with E-state index in [4.69, 9.17) is 11.6 Å². The highest BCUT2D eigenvalue weighted by molar-refractivity contribution is 7.89. The molecule has 1 heterocycles. The lowest BCUT2D eigenvalue weighted by Gasteiger charge is -2.27. The van der Waals surface area contributed by atoms with Gasteiger partial charge in [-0.15, -0.1) is 0 Å². The lowest BCUT2D eigenvalue weighted by Crippen LogP contribution is -3.27. The van der Waals surface area contributed by atoms with Gasteiger partial charge in [-0.25, -0.2) is 13.1 Å². The molecule has 1 aliphatic rings. The van der Waals surface area contributed by atoms with Crippen LogP contribution in [0.5, 0.6) is 0 Å². The molecule has 1 saturated heterocycles. The first-order valence-electron chi connectivity index (χ1n) is 7.37. The van der Waals surface area contributed by atoms with Crippen molar-refractivity contribution >= 4 is 21.6 Å². The van der Waals surface area contributed by atoms with E-state index in [1.165, 1.54) is 32.2 Å². The van der Waals surface area contributed by atoms with Crippen molar-refractivity contribution < 1.29 is 18.2 Å². The number of rotatable bonds is 6. The van der Waals surface area contributed by atoms with Gasteiger partial charge in [-0.3, -0.25) is 0 Å².